The molecule has 0 amide bonds. The van der Waals surface area contributed by atoms with Crippen LogP contribution in [0.15, 0.2) is 0 Å². The van der Waals surface area contributed by atoms with Crippen LogP contribution in [0.25, 0.3) is 0 Å². The molecule has 0 N–H and O–H groups in total. The molecular weight excluding hydrogens is 1510 g/mol. The molecular formula is C102H180O18. The highest BCUT2D eigenvalue weighted by molar-refractivity contribution is 5.73. The second-order valence-corrected chi connectivity index (χ2v) is 51.9. The molecule has 0 aromatic rings. The second-order valence-electron chi connectivity index (χ2n) is 51.9. The summed E-state index contributed by atoms with van der Waals surface area (Å²) in [6.07, 6.45) is 11.6. The van der Waals surface area contributed by atoms with Crippen molar-refractivity contribution in [2.24, 2.45) is 139 Å². The summed E-state index contributed by atoms with van der Waals surface area (Å²) in [4.78, 5) is 87.4. The van der Waals surface area contributed by atoms with Crippen LogP contribution in [0.5, 0.6) is 0 Å². The lowest BCUT2D eigenvalue weighted by Gasteiger charge is -2.54. The van der Waals surface area contributed by atoms with Gasteiger partial charge < -0.3 is 56.8 Å². The van der Waals surface area contributed by atoms with Crippen LogP contribution in [-0.4, -0.2) is 146 Å². The summed E-state index contributed by atoms with van der Waals surface area (Å²) in [7, 11) is 0. The Hall–Kier alpha value is -3.42. The first kappa shape index (κ1) is 104. The summed E-state index contributed by atoms with van der Waals surface area (Å²) < 4.78 is 82.2. The molecule has 18 nitrogen and oxygen atoms in total. The van der Waals surface area contributed by atoms with Crippen LogP contribution in [0.2, 0.25) is 0 Å². The minimum Gasteiger partial charge on any atom is -0.458 e. The maximum atomic E-state index is 14.6. The van der Waals surface area contributed by atoms with Gasteiger partial charge in [-0.2, -0.15) is 0 Å². The predicted molar refractivity (Wildman–Crippen MR) is 476 cm³/mol. The van der Waals surface area contributed by atoms with Gasteiger partial charge in [-0.05, 0) is 379 Å². The zero-order valence-electron chi connectivity index (χ0n) is 83.2. The van der Waals surface area contributed by atoms with Crippen LogP contribution in [-0.2, 0) is 85.6 Å². The number of carbonyl (C=O) groups excluding carboxylic acids is 6. The van der Waals surface area contributed by atoms with Crippen molar-refractivity contribution in [3.8, 4) is 0 Å². The number of fused-ring (bicyclic) bond motifs is 12. The number of hydrogen-bond donors (Lipinski definition) is 0. The van der Waals surface area contributed by atoms with Crippen LogP contribution in [0, 0.1) is 139 Å². The van der Waals surface area contributed by atoms with E-state index in [1.807, 2.05) is 125 Å². The van der Waals surface area contributed by atoms with Crippen LogP contribution in [0.4, 0.5) is 0 Å². The summed E-state index contributed by atoms with van der Waals surface area (Å²) in [5, 5.41) is 0. The molecule has 7 fully saturated rings. The SMILES string of the molecule is CC(C)(C)OC(=O)COC1C2CC3CC(C(C)(C)C)CC(CC4CC(C(C)(C)C)CC(CC5CC(C(C)(C)C)CC(CC6CC(C(C)(C)C)CC(CC7CC(C(C)(C)C)CC(CC1CC(C(C)(C)C)C2)C7OCC(=O)OC(C)(C)C)C6OCC(=O)OC(C)(C)C)C5OCC(=O)OC(C)(C)C)C4OCC(=O)OC(C)(C)C)C3OCC(=O)OC(C)(C)C. The van der Waals surface area contributed by atoms with Crippen molar-refractivity contribution in [1.82, 2.24) is 0 Å². The van der Waals surface area contributed by atoms with Crippen molar-refractivity contribution < 1.29 is 85.6 Å². The van der Waals surface area contributed by atoms with E-state index in [4.69, 9.17) is 56.8 Å². The standard InChI is InChI=1S/C102H180O18/c1-91(2,3)73-43-61-37-63-45-74(92(4,5)6)47-65(86(63)110-56-80(104)116-98(22,23)24)39-67-49-76(94(10,11)12)51-69(88(67)112-58-82(106)118-100(28,29)30)41-71-53-78(96(16,17)18)54-72(90(71)114-60-84(108)120-102(34,35)36)42-70-52-77(95(13,14)15)50-68(89(70)113-59-83(107)119-101(31,32)33)40-66-48-75(93(7,8)9)46-64(87(66)111-57-81(105)117-99(25,26)27)38-62(44-73)85(61)109-55-79(103)115-97(19,20)21/h61-78,85-90H,37-60H2,1-36H3. The van der Waals surface area contributed by atoms with Crippen LogP contribution in [0.1, 0.15) is 365 Å². The van der Waals surface area contributed by atoms with Gasteiger partial charge in [0.1, 0.15) is 73.2 Å². The fourth-order valence-electron chi connectivity index (χ4n) is 23.1. The van der Waals surface area contributed by atoms with E-state index < -0.39 is 106 Å². The first-order valence-electron chi connectivity index (χ1n) is 47.4. The van der Waals surface area contributed by atoms with Gasteiger partial charge in [0.15, 0.2) is 0 Å². The highest BCUT2D eigenvalue weighted by atomic mass is 16.6. The summed E-state index contributed by atoms with van der Waals surface area (Å²) in [6.45, 7) is 75.7. The number of ether oxygens (including phenoxy) is 12. The molecule has 0 saturated heterocycles. The highest BCUT2D eigenvalue weighted by Gasteiger charge is 2.56. The van der Waals surface area contributed by atoms with Crippen LogP contribution >= 0.6 is 0 Å². The Labute approximate surface area is 731 Å². The third-order valence-corrected chi connectivity index (χ3v) is 28.5. The zero-order chi connectivity index (χ0) is 90.8. The van der Waals surface area contributed by atoms with E-state index in [1.54, 1.807) is 0 Å². The first-order valence-corrected chi connectivity index (χ1v) is 47.4. The Kier molecular flexibility index (Phi) is 34.6. The quantitative estimate of drug-likeness (QED) is 0.0921. The third-order valence-electron chi connectivity index (χ3n) is 28.5. The Morgan fingerprint density at radius 1 is 0.167 bits per heavy atom. The van der Waals surface area contributed by atoms with E-state index in [1.165, 1.54) is 0 Å². The van der Waals surface area contributed by atoms with E-state index in [2.05, 4.69) is 125 Å². The fourth-order valence-corrected chi connectivity index (χ4v) is 23.1. The van der Waals surface area contributed by atoms with Crippen molar-refractivity contribution in [2.75, 3.05) is 39.6 Å². The van der Waals surface area contributed by atoms with Gasteiger partial charge in [0.2, 0.25) is 0 Å². The molecule has 12 unspecified atom stereocenters. The molecule has 0 aromatic carbocycles. The van der Waals surface area contributed by atoms with Gasteiger partial charge in [-0.1, -0.05) is 125 Å². The molecule has 0 aliphatic heterocycles. The molecule has 0 radical (unpaired) electrons. The number of esters is 6. The van der Waals surface area contributed by atoms with Gasteiger partial charge in [-0.25, -0.2) is 28.8 Å². The smallest absolute Gasteiger partial charge is 0.332 e. The lowest BCUT2D eigenvalue weighted by Crippen LogP contribution is -2.52. The van der Waals surface area contributed by atoms with Gasteiger partial charge >= 0.3 is 35.8 Å². The molecule has 120 heavy (non-hydrogen) atoms. The molecule has 12 atom stereocenters. The minimum absolute atomic E-state index is 0.0933. The summed E-state index contributed by atoms with van der Waals surface area (Å²) in [5.74, 6) is -2.31. The van der Waals surface area contributed by atoms with Gasteiger partial charge in [-0.15, -0.1) is 0 Å². The Morgan fingerprint density at radius 3 is 0.333 bits per heavy atom. The van der Waals surface area contributed by atoms with E-state index in [-0.39, 0.29) is 179 Å². The van der Waals surface area contributed by atoms with Crippen LogP contribution < -0.4 is 0 Å². The molecule has 18 heteroatoms. The monoisotopic (exact) mass is 1690 g/mol. The Morgan fingerprint density at radius 2 is 0.258 bits per heavy atom. The van der Waals surface area contributed by atoms with E-state index in [9.17, 15) is 28.8 Å². The van der Waals surface area contributed by atoms with E-state index >= 15 is 0 Å². The van der Waals surface area contributed by atoms with Crippen molar-refractivity contribution >= 4 is 35.8 Å². The van der Waals surface area contributed by atoms with Crippen molar-refractivity contribution in [2.45, 2.75) is 435 Å². The number of hydrogen-bond acceptors (Lipinski definition) is 18. The summed E-state index contributed by atoms with van der Waals surface area (Å²) in [6, 6.07) is 0. The molecule has 7 rings (SSSR count). The molecule has 0 spiro atoms. The predicted octanol–water partition coefficient (Wildman–Crippen LogP) is 22.8. The summed E-state index contributed by atoms with van der Waals surface area (Å²) >= 11 is 0. The second kappa shape index (κ2) is 40.1. The van der Waals surface area contributed by atoms with E-state index in [0.717, 1.165) is 77.0 Å². The molecule has 7 aliphatic rings. The van der Waals surface area contributed by atoms with Gasteiger partial charge in [0.25, 0.3) is 0 Å². The van der Waals surface area contributed by atoms with Gasteiger partial charge in [0, 0.05) is 0 Å². The average Bonchev–Trinajstić information content (AvgIpc) is 0.765. The zero-order valence-corrected chi connectivity index (χ0v) is 83.2. The van der Waals surface area contributed by atoms with Gasteiger partial charge in [0.05, 0.1) is 36.6 Å². The van der Waals surface area contributed by atoms with E-state index in [0.29, 0.717) is 38.5 Å². The molecule has 7 saturated carbocycles. The molecule has 12 bridgehead atoms. The fraction of sp³-hybridized carbons (Fsp3) is 0.941. The topological polar surface area (TPSA) is 213 Å². The number of rotatable bonds is 18. The lowest BCUT2D eigenvalue weighted by molar-refractivity contribution is -0.177. The van der Waals surface area contributed by atoms with Crippen molar-refractivity contribution in [3.05, 3.63) is 0 Å². The first-order chi connectivity index (χ1) is 54.4. The minimum atomic E-state index is -0.764. The van der Waals surface area contributed by atoms with Crippen molar-refractivity contribution in [1.29, 1.82) is 0 Å². The average molecular weight is 1690 g/mol. The largest absolute Gasteiger partial charge is 0.458 e. The highest BCUT2D eigenvalue weighted by Crippen LogP contribution is 2.60. The Bertz CT molecular complexity index is 2650. The molecule has 0 heterocycles. The normalized spacial score (nSPS) is 33.5. The maximum absolute atomic E-state index is 14.6. The molecule has 0 aromatic heterocycles. The molecule has 696 valence electrons. The van der Waals surface area contributed by atoms with Gasteiger partial charge in [-0.3, -0.25) is 0 Å². The maximum Gasteiger partial charge on any atom is 0.332 e. The third kappa shape index (κ3) is 32.7. The van der Waals surface area contributed by atoms with Crippen LogP contribution in [0.3, 0.4) is 0 Å². The molecule has 7 aliphatic carbocycles. The Balaban J connectivity index is 1.62. The summed E-state index contributed by atoms with van der Waals surface area (Å²) in [5.41, 5.74) is -5.49. The lowest BCUT2D eigenvalue weighted by atomic mass is 9.54. The van der Waals surface area contributed by atoms with Crippen molar-refractivity contribution in [3.63, 3.8) is 0 Å². The number of carbonyl (C=O) groups is 6.